The molecule has 35 heavy (non-hydrogen) atoms. The lowest BCUT2D eigenvalue weighted by molar-refractivity contribution is -0.120. The minimum absolute atomic E-state index is 0.00107. The summed E-state index contributed by atoms with van der Waals surface area (Å²) in [5, 5.41) is 3.94. The molecule has 3 aromatic rings. The van der Waals surface area contributed by atoms with Gasteiger partial charge in [0.1, 0.15) is 11.6 Å². The maximum Gasteiger partial charge on any atom is 0.238 e. The van der Waals surface area contributed by atoms with E-state index in [0.717, 1.165) is 35.9 Å². The summed E-state index contributed by atoms with van der Waals surface area (Å²) in [6.45, 7) is 1.56. The van der Waals surface area contributed by atoms with Gasteiger partial charge in [0.25, 0.3) is 0 Å². The van der Waals surface area contributed by atoms with Crippen LogP contribution in [0.5, 0.6) is 0 Å². The Hall–Kier alpha value is -2.49. The summed E-state index contributed by atoms with van der Waals surface area (Å²) in [5.74, 6) is 0.805. The van der Waals surface area contributed by atoms with Crippen molar-refractivity contribution < 1.29 is 17.6 Å². The Morgan fingerprint density at radius 1 is 1.20 bits per heavy atom. The summed E-state index contributed by atoms with van der Waals surface area (Å²) in [7, 11) is -2.92. The average molecular weight is 517 g/mol. The number of imidazole rings is 1. The molecule has 1 N–H and O–H groups in total. The van der Waals surface area contributed by atoms with E-state index < -0.39 is 15.3 Å². The van der Waals surface area contributed by atoms with E-state index in [1.54, 1.807) is 17.0 Å². The van der Waals surface area contributed by atoms with Crippen molar-refractivity contribution in [1.29, 1.82) is 0 Å². The molecule has 3 aliphatic rings. The molecule has 3 heterocycles. The third kappa shape index (κ3) is 4.03. The van der Waals surface area contributed by atoms with Crippen LogP contribution in [0.1, 0.15) is 37.1 Å². The van der Waals surface area contributed by atoms with Crippen molar-refractivity contribution in [3.63, 3.8) is 0 Å². The molecule has 2 aliphatic heterocycles. The number of fused-ring (bicyclic) bond motifs is 3. The first-order valence-electron chi connectivity index (χ1n) is 12.0. The third-order valence-electron chi connectivity index (χ3n) is 7.48. The molecular weight excluding hydrogens is 491 g/mol. The van der Waals surface area contributed by atoms with Crippen LogP contribution >= 0.6 is 11.6 Å². The van der Waals surface area contributed by atoms with E-state index in [4.69, 9.17) is 16.6 Å². The molecule has 1 saturated carbocycles. The zero-order chi connectivity index (χ0) is 24.4. The number of carbonyl (C=O) groups is 1. The number of amides is 1. The van der Waals surface area contributed by atoms with Gasteiger partial charge >= 0.3 is 0 Å². The zero-order valence-corrected chi connectivity index (χ0v) is 20.7. The van der Waals surface area contributed by atoms with Crippen molar-refractivity contribution >= 4 is 44.1 Å². The summed E-state index contributed by atoms with van der Waals surface area (Å²) >= 11 is 6.21. The first-order valence-corrected chi connectivity index (χ1v) is 14.2. The van der Waals surface area contributed by atoms with Crippen LogP contribution in [0, 0.1) is 5.82 Å². The van der Waals surface area contributed by atoms with Crippen molar-refractivity contribution in [3.8, 4) is 0 Å². The quantitative estimate of drug-likeness (QED) is 0.485. The van der Waals surface area contributed by atoms with Gasteiger partial charge in [0, 0.05) is 17.6 Å². The second kappa shape index (κ2) is 8.28. The molecule has 1 unspecified atom stereocenters. The molecule has 7 nitrogen and oxygen atoms in total. The van der Waals surface area contributed by atoms with Gasteiger partial charge in [0.15, 0.2) is 9.84 Å². The molecule has 2 fully saturated rings. The number of rotatable bonds is 7. The van der Waals surface area contributed by atoms with Crippen molar-refractivity contribution in [1.82, 2.24) is 14.9 Å². The highest BCUT2D eigenvalue weighted by molar-refractivity contribution is 7.91. The van der Waals surface area contributed by atoms with Crippen molar-refractivity contribution in [2.24, 2.45) is 0 Å². The lowest BCUT2D eigenvalue weighted by Crippen LogP contribution is -2.33. The largest absolute Gasteiger partial charge is 0.326 e. The van der Waals surface area contributed by atoms with Crippen LogP contribution in [0.3, 0.4) is 0 Å². The van der Waals surface area contributed by atoms with E-state index in [1.165, 1.54) is 12.1 Å². The third-order valence-corrected chi connectivity index (χ3v) is 9.49. The Labute approximate surface area is 208 Å². The number of nitrogens with zero attached hydrogens (tertiary/aromatic N) is 3. The number of aryl methyl sites for hydroxylation is 1. The molecular formula is C25H26ClFN4O3S. The number of halogens is 2. The fourth-order valence-electron chi connectivity index (χ4n) is 5.54. The molecule has 0 radical (unpaired) electrons. The number of hydrogen-bond acceptors (Lipinski definition) is 5. The van der Waals surface area contributed by atoms with E-state index >= 15 is 0 Å². The van der Waals surface area contributed by atoms with Gasteiger partial charge in [-0.2, -0.15) is 0 Å². The van der Waals surface area contributed by atoms with Crippen LogP contribution in [-0.4, -0.2) is 48.0 Å². The van der Waals surface area contributed by atoms with Crippen molar-refractivity contribution in [2.45, 2.75) is 50.2 Å². The molecule has 1 aromatic heterocycles. The standard InChI is InChI=1S/C25H26ClFN4O3S/c26-16-2-5-21-20(12-16)29-23(30(21)10-1-9-28-18-6-11-35(33,34)15-18)14-31-22-13-17(27)3-4-19(22)25(7-8-25)24(31)32/h2-5,12-13,18,28H,1,6-11,14-15H2. The van der Waals surface area contributed by atoms with Gasteiger partial charge in [-0.3, -0.25) is 4.79 Å². The lowest BCUT2D eigenvalue weighted by atomic mass is 9.98. The number of nitrogens with one attached hydrogen (secondary N) is 1. The van der Waals surface area contributed by atoms with Crippen molar-refractivity contribution in [2.75, 3.05) is 23.0 Å². The number of sulfone groups is 1. The van der Waals surface area contributed by atoms with Gasteiger partial charge < -0.3 is 14.8 Å². The molecule has 0 bridgehead atoms. The van der Waals surface area contributed by atoms with Crippen LogP contribution in [0.25, 0.3) is 11.0 Å². The topological polar surface area (TPSA) is 84.3 Å². The van der Waals surface area contributed by atoms with E-state index in [2.05, 4.69) is 9.88 Å². The van der Waals surface area contributed by atoms with Crippen LogP contribution in [0.15, 0.2) is 36.4 Å². The molecule has 6 rings (SSSR count). The molecule has 1 spiro atoms. The highest BCUT2D eigenvalue weighted by Gasteiger charge is 2.59. The first kappa shape index (κ1) is 22.9. The van der Waals surface area contributed by atoms with Gasteiger partial charge in [0.2, 0.25) is 5.91 Å². The van der Waals surface area contributed by atoms with Crippen LogP contribution < -0.4 is 10.2 Å². The maximum absolute atomic E-state index is 14.1. The summed E-state index contributed by atoms with van der Waals surface area (Å²) in [4.78, 5) is 19.9. The minimum atomic E-state index is -2.92. The fraction of sp³-hybridized carbons (Fsp3) is 0.440. The molecule has 10 heteroatoms. The summed E-state index contributed by atoms with van der Waals surface area (Å²) in [5.41, 5.74) is 2.70. The predicted molar refractivity (Wildman–Crippen MR) is 133 cm³/mol. The van der Waals surface area contributed by atoms with Crippen LogP contribution in [0.2, 0.25) is 5.02 Å². The smallest absolute Gasteiger partial charge is 0.238 e. The molecule has 1 amide bonds. The Morgan fingerprint density at radius 3 is 2.77 bits per heavy atom. The normalized spacial score (nSPS) is 21.8. The van der Waals surface area contributed by atoms with E-state index in [0.29, 0.717) is 36.0 Å². The summed E-state index contributed by atoms with van der Waals surface area (Å²) in [6.07, 6.45) is 2.99. The summed E-state index contributed by atoms with van der Waals surface area (Å²) in [6, 6.07) is 10.2. The van der Waals surface area contributed by atoms with Gasteiger partial charge in [-0.05, 0) is 68.1 Å². The number of carbonyl (C=O) groups excluding carboxylic acids is 1. The van der Waals surface area contributed by atoms with Crippen LogP contribution in [0.4, 0.5) is 10.1 Å². The fourth-order valence-corrected chi connectivity index (χ4v) is 7.42. The Kier molecular flexibility index (Phi) is 5.43. The lowest BCUT2D eigenvalue weighted by Gasteiger charge is -2.19. The van der Waals surface area contributed by atoms with Gasteiger partial charge in [0.05, 0.1) is 40.2 Å². The zero-order valence-electron chi connectivity index (χ0n) is 19.1. The Balaban J connectivity index is 1.26. The maximum atomic E-state index is 14.1. The van der Waals surface area contributed by atoms with Gasteiger partial charge in [-0.15, -0.1) is 0 Å². The van der Waals surface area contributed by atoms with Crippen molar-refractivity contribution in [3.05, 3.63) is 58.6 Å². The minimum Gasteiger partial charge on any atom is -0.326 e. The Bertz CT molecular complexity index is 1450. The number of aromatic nitrogens is 2. The first-order chi connectivity index (χ1) is 16.8. The van der Waals surface area contributed by atoms with E-state index in [1.807, 2.05) is 12.1 Å². The number of benzene rings is 2. The average Bonchev–Trinajstić information content (AvgIpc) is 3.38. The second-order valence-electron chi connectivity index (χ2n) is 9.86. The molecule has 1 aliphatic carbocycles. The highest BCUT2D eigenvalue weighted by atomic mass is 35.5. The van der Waals surface area contributed by atoms with Gasteiger partial charge in [-0.1, -0.05) is 17.7 Å². The number of hydrogen-bond donors (Lipinski definition) is 1. The number of anilines is 1. The van der Waals surface area contributed by atoms with Gasteiger partial charge in [-0.25, -0.2) is 17.8 Å². The van der Waals surface area contributed by atoms with E-state index in [9.17, 15) is 17.6 Å². The molecule has 184 valence electrons. The monoisotopic (exact) mass is 516 g/mol. The van der Waals surface area contributed by atoms with Crippen LogP contribution in [-0.2, 0) is 33.1 Å². The molecule has 1 atom stereocenters. The SMILES string of the molecule is O=C1N(Cc2nc3cc(Cl)ccc3n2CCCNC2CCS(=O)(=O)C2)c2cc(F)ccc2C12CC2. The second-order valence-corrected chi connectivity index (χ2v) is 12.5. The highest BCUT2D eigenvalue weighted by Crippen LogP contribution is 2.57. The molecule has 1 saturated heterocycles. The molecule has 2 aromatic carbocycles. The van der Waals surface area contributed by atoms with E-state index in [-0.39, 0.29) is 35.8 Å². The predicted octanol–water partition coefficient (Wildman–Crippen LogP) is 3.57. The Morgan fingerprint density at radius 2 is 2.03 bits per heavy atom. The summed E-state index contributed by atoms with van der Waals surface area (Å²) < 4.78 is 39.6.